The molecule has 4 rings (SSSR count). The first-order valence-corrected chi connectivity index (χ1v) is 8.98. The fourth-order valence-corrected chi connectivity index (χ4v) is 4.52. The second kappa shape index (κ2) is 5.58. The Hall–Kier alpha value is -2.44. The van der Waals surface area contributed by atoms with Gasteiger partial charge in [0.25, 0.3) is 11.1 Å². The summed E-state index contributed by atoms with van der Waals surface area (Å²) in [5.41, 5.74) is 1.47. The van der Waals surface area contributed by atoms with Crippen molar-refractivity contribution in [3.63, 3.8) is 0 Å². The highest BCUT2D eigenvalue weighted by molar-refractivity contribution is 7.27. The zero-order valence-electron chi connectivity index (χ0n) is 13.0. The SMILES string of the molecule is Cc1ccc2sc(-c3nc(=O)c4cc(C)ccc4s3)nc(=O)c2c1. The molecule has 24 heavy (non-hydrogen) atoms. The van der Waals surface area contributed by atoms with Crippen LogP contribution in [-0.2, 0) is 0 Å². The summed E-state index contributed by atoms with van der Waals surface area (Å²) in [6.07, 6.45) is 0. The molecule has 0 atom stereocenters. The van der Waals surface area contributed by atoms with Gasteiger partial charge in [0, 0.05) is 9.40 Å². The van der Waals surface area contributed by atoms with Gasteiger partial charge in [-0.25, -0.2) is 0 Å². The van der Waals surface area contributed by atoms with Crippen molar-refractivity contribution in [2.24, 2.45) is 0 Å². The van der Waals surface area contributed by atoms with E-state index in [4.69, 9.17) is 0 Å². The molecule has 0 bridgehead atoms. The van der Waals surface area contributed by atoms with Crippen LogP contribution in [0.5, 0.6) is 0 Å². The number of aryl methyl sites for hydroxylation is 2. The van der Waals surface area contributed by atoms with Crippen molar-refractivity contribution in [1.82, 2.24) is 9.97 Å². The lowest BCUT2D eigenvalue weighted by Gasteiger charge is -2.03. The molecule has 0 amide bonds. The highest BCUT2D eigenvalue weighted by Gasteiger charge is 2.12. The van der Waals surface area contributed by atoms with Gasteiger partial charge in [-0.3, -0.25) is 9.59 Å². The van der Waals surface area contributed by atoms with Gasteiger partial charge < -0.3 is 0 Å². The average Bonchev–Trinajstić information content (AvgIpc) is 2.56. The van der Waals surface area contributed by atoms with E-state index in [9.17, 15) is 9.59 Å². The maximum Gasteiger partial charge on any atom is 0.279 e. The predicted molar refractivity (Wildman–Crippen MR) is 100 cm³/mol. The molecule has 0 fully saturated rings. The Bertz CT molecular complexity index is 1130. The lowest BCUT2D eigenvalue weighted by molar-refractivity contribution is 1.25. The van der Waals surface area contributed by atoms with Gasteiger partial charge in [0.05, 0.1) is 10.8 Å². The van der Waals surface area contributed by atoms with Crippen LogP contribution >= 0.6 is 22.7 Å². The monoisotopic (exact) mass is 352 g/mol. The highest BCUT2D eigenvalue weighted by Crippen LogP contribution is 2.30. The van der Waals surface area contributed by atoms with Gasteiger partial charge >= 0.3 is 0 Å². The number of aromatic nitrogens is 2. The van der Waals surface area contributed by atoms with Gasteiger partial charge in [-0.15, -0.1) is 22.7 Å². The average molecular weight is 352 g/mol. The summed E-state index contributed by atoms with van der Waals surface area (Å²) < 4.78 is 1.70. The molecule has 0 aliphatic carbocycles. The van der Waals surface area contributed by atoms with Crippen LogP contribution < -0.4 is 11.1 Å². The summed E-state index contributed by atoms with van der Waals surface area (Å²) in [6, 6.07) is 11.4. The Morgan fingerprint density at radius 2 is 1.12 bits per heavy atom. The first-order chi connectivity index (χ1) is 11.5. The smallest absolute Gasteiger partial charge is 0.267 e. The van der Waals surface area contributed by atoms with Crippen molar-refractivity contribution in [1.29, 1.82) is 0 Å². The highest BCUT2D eigenvalue weighted by atomic mass is 32.1. The van der Waals surface area contributed by atoms with Crippen LogP contribution in [0.15, 0.2) is 46.0 Å². The molecule has 0 N–H and O–H groups in total. The summed E-state index contributed by atoms with van der Waals surface area (Å²) in [7, 11) is 0. The molecule has 0 saturated heterocycles. The number of hydrogen-bond acceptors (Lipinski definition) is 6. The van der Waals surface area contributed by atoms with E-state index in [-0.39, 0.29) is 11.1 Å². The zero-order chi connectivity index (χ0) is 16.8. The summed E-state index contributed by atoms with van der Waals surface area (Å²) in [6.45, 7) is 3.88. The number of benzene rings is 2. The molecule has 2 aromatic carbocycles. The summed E-state index contributed by atoms with van der Waals surface area (Å²) in [5, 5.41) is 2.18. The second-order valence-electron chi connectivity index (χ2n) is 5.65. The Morgan fingerprint density at radius 3 is 1.54 bits per heavy atom. The van der Waals surface area contributed by atoms with E-state index < -0.39 is 0 Å². The summed E-state index contributed by atoms with van der Waals surface area (Å²) >= 11 is 2.76. The molecular formula is C18H12N2O2S2. The molecule has 0 radical (unpaired) electrons. The zero-order valence-corrected chi connectivity index (χ0v) is 14.6. The van der Waals surface area contributed by atoms with E-state index in [0.29, 0.717) is 20.8 Å². The molecule has 0 spiro atoms. The second-order valence-corrected chi connectivity index (χ2v) is 7.71. The minimum Gasteiger partial charge on any atom is -0.267 e. The van der Waals surface area contributed by atoms with Gasteiger partial charge in [0.1, 0.15) is 0 Å². The van der Waals surface area contributed by atoms with Crippen LogP contribution in [0.2, 0.25) is 0 Å². The molecule has 0 aliphatic rings. The normalized spacial score (nSPS) is 11.2. The molecule has 2 heterocycles. The van der Waals surface area contributed by atoms with Crippen LogP contribution in [0.3, 0.4) is 0 Å². The Kier molecular flexibility index (Phi) is 3.51. The molecule has 2 aromatic heterocycles. The summed E-state index contributed by atoms with van der Waals surface area (Å²) in [4.78, 5) is 32.9. The van der Waals surface area contributed by atoms with Crippen molar-refractivity contribution in [3.05, 3.63) is 68.2 Å². The van der Waals surface area contributed by atoms with Crippen molar-refractivity contribution >= 4 is 42.8 Å². The lowest BCUT2D eigenvalue weighted by atomic mass is 10.2. The van der Waals surface area contributed by atoms with E-state index >= 15 is 0 Å². The molecule has 6 heteroatoms. The molecule has 118 valence electrons. The molecule has 0 unspecified atom stereocenters. The Labute approximate surface area is 145 Å². The number of rotatable bonds is 1. The maximum absolute atomic E-state index is 12.3. The Balaban J connectivity index is 1.99. The minimum atomic E-state index is -0.284. The van der Waals surface area contributed by atoms with E-state index in [1.807, 2.05) is 50.2 Å². The van der Waals surface area contributed by atoms with E-state index in [1.165, 1.54) is 22.7 Å². The van der Waals surface area contributed by atoms with Gasteiger partial charge in [-0.2, -0.15) is 9.97 Å². The lowest BCUT2D eigenvalue weighted by Crippen LogP contribution is -2.09. The topological polar surface area (TPSA) is 59.9 Å². The van der Waals surface area contributed by atoms with Gasteiger partial charge in [0.15, 0.2) is 10.0 Å². The van der Waals surface area contributed by atoms with Crippen molar-refractivity contribution in [2.75, 3.05) is 0 Å². The first kappa shape index (κ1) is 15.1. The quantitative estimate of drug-likeness (QED) is 0.521. The standard InChI is InChI=1S/C18H12N2O2S2/c1-9-3-5-13-11(7-9)15(21)19-17(23-13)18-20-16(22)12-8-10(2)4-6-14(12)24-18/h3-8H,1-2H3. The van der Waals surface area contributed by atoms with E-state index in [1.54, 1.807) is 0 Å². The molecule has 4 nitrogen and oxygen atoms in total. The van der Waals surface area contributed by atoms with Crippen LogP contribution in [0.25, 0.3) is 30.2 Å². The van der Waals surface area contributed by atoms with Crippen molar-refractivity contribution in [3.8, 4) is 10.0 Å². The van der Waals surface area contributed by atoms with E-state index in [2.05, 4.69) is 9.97 Å². The fourth-order valence-electron chi connectivity index (χ4n) is 2.54. The van der Waals surface area contributed by atoms with Gasteiger partial charge in [0.2, 0.25) is 0 Å². The van der Waals surface area contributed by atoms with Crippen LogP contribution in [-0.4, -0.2) is 9.97 Å². The predicted octanol–water partition coefficient (Wildman–Crippen LogP) is 3.91. The first-order valence-electron chi connectivity index (χ1n) is 7.35. The maximum atomic E-state index is 12.3. The third kappa shape index (κ3) is 2.53. The molecular weight excluding hydrogens is 340 g/mol. The van der Waals surface area contributed by atoms with Gasteiger partial charge in [-0.1, -0.05) is 23.3 Å². The third-order valence-electron chi connectivity index (χ3n) is 3.73. The largest absolute Gasteiger partial charge is 0.279 e. The van der Waals surface area contributed by atoms with E-state index in [0.717, 1.165) is 20.5 Å². The molecule has 0 aliphatic heterocycles. The van der Waals surface area contributed by atoms with Crippen LogP contribution in [0.1, 0.15) is 11.1 Å². The fraction of sp³-hybridized carbons (Fsp3) is 0.111. The molecule has 4 aromatic rings. The van der Waals surface area contributed by atoms with Crippen LogP contribution in [0, 0.1) is 13.8 Å². The number of hydrogen-bond donors (Lipinski definition) is 0. The third-order valence-corrected chi connectivity index (χ3v) is 5.97. The van der Waals surface area contributed by atoms with Crippen LogP contribution in [0.4, 0.5) is 0 Å². The number of nitrogens with zero attached hydrogens (tertiary/aromatic N) is 2. The van der Waals surface area contributed by atoms with Crippen molar-refractivity contribution in [2.45, 2.75) is 13.8 Å². The number of fused-ring (bicyclic) bond motifs is 2. The summed E-state index contributed by atoms with van der Waals surface area (Å²) in [5.74, 6) is 0. The Morgan fingerprint density at radius 1 is 0.708 bits per heavy atom. The van der Waals surface area contributed by atoms with Gasteiger partial charge in [-0.05, 0) is 38.1 Å². The molecule has 0 saturated carbocycles. The minimum absolute atomic E-state index is 0.284. The van der Waals surface area contributed by atoms with Crippen molar-refractivity contribution < 1.29 is 0 Å².